The summed E-state index contributed by atoms with van der Waals surface area (Å²) in [7, 11) is 0. The molecule has 3 rings (SSSR count). The lowest BCUT2D eigenvalue weighted by Gasteiger charge is -2.18. The van der Waals surface area contributed by atoms with Crippen molar-refractivity contribution < 1.29 is 37.3 Å². The van der Waals surface area contributed by atoms with Gasteiger partial charge in [-0.25, -0.2) is 4.98 Å². The highest BCUT2D eigenvalue weighted by Gasteiger charge is 2.32. The topological polar surface area (TPSA) is 77.9 Å². The van der Waals surface area contributed by atoms with E-state index in [0.29, 0.717) is 24.1 Å². The van der Waals surface area contributed by atoms with Crippen LogP contribution in [0.2, 0.25) is 0 Å². The zero-order valence-corrected chi connectivity index (χ0v) is 19.9. The average molecular weight is 508 g/mol. The summed E-state index contributed by atoms with van der Waals surface area (Å²) >= 11 is 1.23. The zero-order chi connectivity index (χ0) is 25.4. The number of aliphatic carboxylic acids is 1. The van der Waals surface area contributed by atoms with Gasteiger partial charge < -0.3 is 19.3 Å². The lowest BCUT2D eigenvalue weighted by atomic mass is 10.2. The maximum atomic E-state index is 13.2. The van der Waals surface area contributed by atoms with E-state index in [1.807, 2.05) is 13.0 Å². The molecule has 0 aliphatic rings. The quantitative estimate of drug-likeness (QED) is 0.293. The van der Waals surface area contributed by atoms with Gasteiger partial charge in [0.1, 0.15) is 17.6 Å². The highest BCUT2D eigenvalue weighted by atomic mass is 32.2. The predicted octanol–water partition coefficient (Wildman–Crippen LogP) is 6.61. The fraction of sp³-hybridized carbons (Fsp3) is 0.280. The second-order valence-corrected chi connectivity index (χ2v) is 8.63. The molecule has 1 N–H and O–H groups in total. The smallest absolute Gasteiger partial charge is 0.418 e. The van der Waals surface area contributed by atoms with Crippen LogP contribution in [-0.2, 0) is 11.0 Å². The monoisotopic (exact) mass is 507 g/mol. The number of carboxylic acids is 1. The average Bonchev–Trinajstić information content (AvgIpc) is 2.79. The molecular formula is C25H24F3NO5S. The first kappa shape index (κ1) is 26.2. The first-order valence-corrected chi connectivity index (χ1v) is 11.6. The first-order chi connectivity index (χ1) is 16.6. The molecule has 0 saturated carbocycles. The van der Waals surface area contributed by atoms with E-state index in [1.165, 1.54) is 11.8 Å². The molecule has 186 valence electrons. The lowest BCUT2D eigenvalue weighted by molar-refractivity contribution is -0.138. The molecule has 0 aliphatic heterocycles. The molecule has 10 heteroatoms. The van der Waals surface area contributed by atoms with Crippen LogP contribution in [0.3, 0.4) is 0 Å². The van der Waals surface area contributed by atoms with Crippen LogP contribution in [-0.4, -0.2) is 34.5 Å². The third-order valence-corrected chi connectivity index (χ3v) is 5.88. The minimum Gasteiger partial charge on any atom is -0.493 e. The van der Waals surface area contributed by atoms with Gasteiger partial charge in [0.15, 0.2) is 5.75 Å². The van der Waals surface area contributed by atoms with Gasteiger partial charge in [-0.3, -0.25) is 4.79 Å². The number of aromatic nitrogens is 1. The van der Waals surface area contributed by atoms with E-state index in [0.717, 1.165) is 16.5 Å². The van der Waals surface area contributed by atoms with Crippen LogP contribution >= 0.6 is 11.8 Å². The van der Waals surface area contributed by atoms with E-state index in [-0.39, 0.29) is 24.0 Å². The molecular weight excluding hydrogens is 483 g/mol. The summed E-state index contributed by atoms with van der Waals surface area (Å²) in [5.74, 6) is -0.119. The number of carboxylic acid groups (broad SMARTS) is 1. The van der Waals surface area contributed by atoms with E-state index in [4.69, 9.17) is 19.3 Å². The molecule has 0 amide bonds. The highest BCUT2D eigenvalue weighted by molar-refractivity contribution is 8.00. The van der Waals surface area contributed by atoms with Crippen molar-refractivity contribution in [1.82, 2.24) is 4.98 Å². The first-order valence-electron chi connectivity index (χ1n) is 10.7. The molecule has 1 aromatic heterocycles. The zero-order valence-electron chi connectivity index (χ0n) is 19.0. The van der Waals surface area contributed by atoms with Crippen molar-refractivity contribution in [3.8, 4) is 23.1 Å². The standard InChI is InChI=1S/C25H24F3NO5S/c1-16-12-20(8-9-22(16)35-15-23(30)31)32-11-10-17(2)33-24-21(34-19-6-4-3-5-7-19)13-18(14-29-24)25(26,27)28/h3-9,12-14,17H,10-11,15H2,1-2H3,(H,30,31)/t17-/m0/s1. The summed E-state index contributed by atoms with van der Waals surface area (Å²) in [6.45, 7) is 3.91. The Morgan fingerprint density at radius 2 is 1.86 bits per heavy atom. The second kappa shape index (κ2) is 11.8. The fourth-order valence-electron chi connectivity index (χ4n) is 2.97. The minimum atomic E-state index is -4.57. The summed E-state index contributed by atoms with van der Waals surface area (Å²) in [5.41, 5.74) is -0.0400. The van der Waals surface area contributed by atoms with Gasteiger partial charge in [-0.05, 0) is 49.7 Å². The summed E-state index contributed by atoms with van der Waals surface area (Å²) in [4.78, 5) is 15.4. The number of benzene rings is 2. The Kier molecular flexibility index (Phi) is 8.86. The van der Waals surface area contributed by atoms with Crippen molar-refractivity contribution in [3.63, 3.8) is 0 Å². The number of ether oxygens (including phenoxy) is 3. The Bertz CT molecular complexity index is 1140. The van der Waals surface area contributed by atoms with Gasteiger partial charge in [0.2, 0.25) is 0 Å². The number of nitrogens with zero attached hydrogens (tertiary/aromatic N) is 1. The number of hydrogen-bond donors (Lipinski definition) is 1. The molecule has 6 nitrogen and oxygen atoms in total. The molecule has 1 heterocycles. The molecule has 2 aromatic carbocycles. The van der Waals surface area contributed by atoms with Crippen molar-refractivity contribution in [3.05, 3.63) is 71.9 Å². The molecule has 0 saturated heterocycles. The van der Waals surface area contributed by atoms with E-state index in [2.05, 4.69) is 4.98 Å². The Morgan fingerprint density at radius 3 is 2.51 bits per heavy atom. The van der Waals surface area contributed by atoms with Crippen molar-refractivity contribution in [2.45, 2.75) is 37.4 Å². The number of pyridine rings is 1. The molecule has 0 aliphatic carbocycles. The third-order valence-electron chi connectivity index (χ3n) is 4.72. The molecule has 3 aromatic rings. The Hall–Kier alpha value is -3.40. The Morgan fingerprint density at radius 1 is 1.11 bits per heavy atom. The molecule has 0 radical (unpaired) electrons. The number of para-hydroxylation sites is 1. The summed E-state index contributed by atoms with van der Waals surface area (Å²) in [6, 6.07) is 14.7. The lowest BCUT2D eigenvalue weighted by Crippen LogP contribution is -2.17. The minimum absolute atomic E-state index is 0.0240. The summed E-state index contributed by atoms with van der Waals surface area (Å²) in [5, 5.41) is 8.81. The Labute approximate surface area is 205 Å². The van der Waals surface area contributed by atoms with E-state index in [1.54, 1.807) is 49.4 Å². The number of halogens is 3. The predicted molar refractivity (Wildman–Crippen MR) is 125 cm³/mol. The maximum Gasteiger partial charge on any atom is 0.418 e. The number of aryl methyl sites for hydroxylation is 1. The molecule has 0 spiro atoms. The van der Waals surface area contributed by atoms with Gasteiger partial charge in [0.25, 0.3) is 5.88 Å². The van der Waals surface area contributed by atoms with Crippen molar-refractivity contribution >= 4 is 17.7 Å². The normalized spacial score (nSPS) is 12.1. The molecule has 35 heavy (non-hydrogen) atoms. The van der Waals surface area contributed by atoms with E-state index in [9.17, 15) is 18.0 Å². The van der Waals surface area contributed by atoms with Crippen LogP contribution in [0.1, 0.15) is 24.5 Å². The van der Waals surface area contributed by atoms with Crippen LogP contribution in [0.25, 0.3) is 0 Å². The van der Waals surface area contributed by atoms with Crippen LogP contribution in [0.15, 0.2) is 65.7 Å². The van der Waals surface area contributed by atoms with Gasteiger partial charge in [-0.15, -0.1) is 11.8 Å². The van der Waals surface area contributed by atoms with Crippen LogP contribution < -0.4 is 14.2 Å². The largest absolute Gasteiger partial charge is 0.493 e. The van der Waals surface area contributed by atoms with Crippen LogP contribution in [0, 0.1) is 6.92 Å². The van der Waals surface area contributed by atoms with Crippen LogP contribution in [0.5, 0.6) is 23.1 Å². The summed E-state index contributed by atoms with van der Waals surface area (Å²) in [6.07, 6.45) is -3.85. The van der Waals surface area contributed by atoms with Crippen LogP contribution in [0.4, 0.5) is 13.2 Å². The number of hydrogen-bond acceptors (Lipinski definition) is 6. The number of carbonyl (C=O) groups is 1. The van der Waals surface area contributed by atoms with Gasteiger partial charge >= 0.3 is 12.1 Å². The number of thioether (sulfide) groups is 1. The second-order valence-electron chi connectivity index (χ2n) is 7.62. The van der Waals surface area contributed by atoms with E-state index >= 15 is 0 Å². The van der Waals surface area contributed by atoms with Gasteiger partial charge in [0, 0.05) is 23.6 Å². The van der Waals surface area contributed by atoms with Crippen molar-refractivity contribution in [2.75, 3.05) is 12.4 Å². The van der Waals surface area contributed by atoms with Crippen molar-refractivity contribution in [2.24, 2.45) is 0 Å². The SMILES string of the molecule is Cc1cc(OCC[C@H](C)Oc2ncc(C(F)(F)F)cc2Oc2ccccc2)ccc1SCC(=O)O. The molecule has 1 atom stereocenters. The van der Waals surface area contributed by atoms with Crippen molar-refractivity contribution in [1.29, 1.82) is 0 Å². The van der Waals surface area contributed by atoms with E-state index < -0.39 is 23.8 Å². The third kappa shape index (κ3) is 8.10. The number of alkyl halides is 3. The molecule has 0 fully saturated rings. The maximum absolute atomic E-state index is 13.2. The number of rotatable bonds is 11. The molecule has 0 unspecified atom stereocenters. The summed E-state index contributed by atoms with van der Waals surface area (Å²) < 4.78 is 56.7. The molecule has 0 bridgehead atoms. The fourth-order valence-corrected chi connectivity index (χ4v) is 3.70. The highest BCUT2D eigenvalue weighted by Crippen LogP contribution is 2.37. The van der Waals surface area contributed by atoms with Gasteiger partial charge in [-0.2, -0.15) is 13.2 Å². The van der Waals surface area contributed by atoms with Gasteiger partial charge in [0.05, 0.1) is 17.9 Å². The Balaban J connectivity index is 1.61. The van der Waals surface area contributed by atoms with Gasteiger partial charge in [-0.1, -0.05) is 18.2 Å².